The molecular weight excluding hydrogens is 382 g/mol. The SMILES string of the molecule is CC(=O)Nc1cnn([C@H]2C[C@@H](COCC(=O)N(C)C)N(CCc3ccccc3)C2)c1. The van der Waals surface area contributed by atoms with Gasteiger partial charge in [0.2, 0.25) is 11.8 Å². The molecule has 0 saturated carbocycles. The van der Waals surface area contributed by atoms with E-state index in [0.29, 0.717) is 12.3 Å². The number of rotatable bonds is 9. The third-order valence-electron chi connectivity index (χ3n) is 5.37. The van der Waals surface area contributed by atoms with Gasteiger partial charge in [0.1, 0.15) is 6.61 Å². The van der Waals surface area contributed by atoms with E-state index in [-0.39, 0.29) is 30.5 Å². The fourth-order valence-electron chi connectivity index (χ4n) is 3.73. The molecule has 0 aliphatic carbocycles. The number of likely N-dealkylation sites (tertiary alicyclic amines) is 1. The second-order valence-electron chi connectivity index (χ2n) is 7.97. The summed E-state index contributed by atoms with van der Waals surface area (Å²) in [4.78, 5) is 27.1. The second-order valence-corrected chi connectivity index (χ2v) is 7.97. The maximum atomic E-state index is 11.8. The number of likely N-dealkylation sites (N-methyl/N-ethyl adjacent to an activating group) is 1. The summed E-state index contributed by atoms with van der Waals surface area (Å²) >= 11 is 0. The zero-order valence-electron chi connectivity index (χ0n) is 18.0. The molecule has 1 N–H and O–H groups in total. The van der Waals surface area contributed by atoms with Crippen molar-refractivity contribution in [1.82, 2.24) is 19.6 Å². The number of hydrogen-bond acceptors (Lipinski definition) is 5. The molecule has 1 aromatic heterocycles. The van der Waals surface area contributed by atoms with E-state index in [0.717, 1.165) is 25.9 Å². The Hall–Kier alpha value is -2.71. The molecule has 2 atom stereocenters. The second kappa shape index (κ2) is 10.4. The van der Waals surface area contributed by atoms with Crippen molar-refractivity contribution in [3.05, 3.63) is 48.3 Å². The maximum Gasteiger partial charge on any atom is 0.248 e. The Morgan fingerprint density at radius 3 is 2.73 bits per heavy atom. The van der Waals surface area contributed by atoms with Gasteiger partial charge in [-0.25, -0.2) is 0 Å². The molecule has 1 saturated heterocycles. The molecule has 8 nitrogen and oxygen atoms in total. The van der Waals surface area contributed by atoms with Crippen LogP contribution in [0.2, 0.25) is 0 Å². The lowest BCUT2D eigenvalue weighted by Crippen LogP contribution is -2.36. The number of nitrogens with one attached hydrogen (secondary N) is 1. The number of anilines is 1. The lowest BCUT2D eigenvalue weighted by molar-refractivity contribution is -0.134. The highest BCUT2D eigenvalue weighted by Gasteiger charge is 2.33. The van der Waals surface area contributed by atoms with Crippen LogP contribution in [0.1, 0.15) is 24.9 Å². The van der Waals surface area contributed by atoms with Gasteiger partial charge in [0.05, 0.1) is 24.5 Å². The Bertz CT molecular complexity index is 836. The molecule has 1 aromatic carbocycles. The smallest absolute Gasteiger partial charge is 0.248 e. The van der Waals surface area contributed by atoms with Crippen molar-refractivity contribution in [2.45, 2.75) is 31.8 Å². The quantitative estimate of drug-likeness (QED) is 0.678. The summed E-state index contributed by atoms with van der Waals surface area (Å²) in [6, 6.07) is 10.8. The van der Waals surface area contributed by atoms with Crippen LogP contribution in [0.5, 0.6) is 0 Å². The van der Waals surface area contributed by atoms with Crippen LogP contribution < -0.4 is 5.32 Å². The van der Waals surface area contributed by atoms with Crippen molar-refractivity contribution in [1.29, 1.82) is 0 Å². The monoisotopic (exact) mass is 413 g/mol. The van der Waals surface area contributed by atoms with E-state index in [9.17, 15) is 9.59 Å². The van der Waals surface area contributed by atoms with Crippen LogP contribution in [0.15, 0.2) is 42.7 Å². The van der Waals surface area contributed by atoms with Crippen molar-refractivity contribution in [3.8, 4) is 0 Å². The van der Waals surface area contributed by atoms with Crippen LogP contribution in [0, 0.1) is 0 Å². The van der Waals surface area contributed by atoms with Crippen LogP contribution in [-0.4, -0.2) is 77.8 Å². The number of amides is 2. The molecule has 162 valence electrons. The van der Waals surface area contributed by atoms with Crippen molar-refractivity contribution >= 4 is 17.5 Å². The molecule has 2 aromatic rings. The zero-order valence-corrected chi connectivity index (χ0v) is 18.0. The molecule has 0 bridgehead atoms. The van der Waals surface area contributed by atoms with E-state index in [2.05, 4.69) is 39.6 Å². The summed E-state index contributed by atoms with van der Waals surface area (Å²) in [5.41, 5.74) is 2.00. The molecule has 0 radical (unpaired) electrons. The van der Waals surface area contributed by atoms with Crippen LogP contribution >= 0.6 is 0 Å². The number of nitrogens with zero attached hydrogens (tertiary/aromatic N) is 4. The standard InChI is InChI=1S/C22H31N5O3/c1-17(28)24-19-12-23-27(13-19)20-11-21(15-30-16-22(29)25(2)3)26(14-20)10-9-18-7-5-4-6-8-18/h4-8,12-13,20-21H,9-11,14-16H2,1-3H3,(H,24,28)/t20-,21-/m0/s1. The van der Waals surface area contributed by atoms with Gasteiger partial charge in [-0.05, 0) is 18.4 Å². The molecule has 8 heteroatoms. The van der Waals surface area contributed by atoms with Gasteiger partial charge in [0.25, 0.3) is 0 Å². The van der Waals surface area contributed by atoms with Crippen molar-refractivity contribution in [3.63, 3.8) is 0 Å². The number of hydrogen-bond donors (Lipinski definition) is 1. The van der Waals surface area contributed by atoms with Crippen LogP contribution in [0.3, 0.4) is 0 Å². The Labute approximate surface area is 177 Å². The Morgan fingerprint density at radius 2 is 2.03 bits per heavy atom. The molecule has 2 heterocycles. The summed E-state index contributed by atoms with van der Waals surface area (Å²) in [6.45, 7) is 3.85. The minimum absolute atomic E-state index is 0.0348. The first-order valence-corrected chi connectivity index (χ1v) is 10.3. The third-order valence-corrected chi connectivity index (χ3v) is 5.37. The van der Waals surface area contributed by atoms with Gasteiger partial charge in [-0.2, -0.15) is 5.10 Å². The lowest BCUT2D eigenvalue weighted by atomic mass is 10.1. The van der Waals surface area contributed by atoms with Crippen LogP contribution in [0.25, 0.3) is 0 Å². The number of aromatic nitrogens is 2. The molecule has 3 rings (SSSR count). The number of benzene rings is 1. The molecule has 0 unspecified atom stereocenters. The van der Waals surface area contributed by atoms with Crippen molar-refractivity contribution in [2.24, 2.45) is 0 Å². The molecule has 1 aliphatic rings. The van der Waals surface area contributed by atoms with Gasteiger partial charge in [-0.15, -0.1) is 0 Å². The third kappa shape index (κ3) is 6.14. The molecule has 1 aliphatic heterocycles. The Kier molecular flexibility index (Phi) is 7.59. The highest BCUT2D eigenvalue weighted by Crippen LogP contribution is 2.28. The highest BCUT2D eigenvalue weighted by molar-refractivity contribution is 5.88. The van der Waals surface area contributed by atoms with Gasteiger partial charge < -0.3 is 15.0 Å². The van der Waals surface area contributed by atoms with E-state index < -0.39 is 0 Å². The summed E-state index contributed by atoms with van der Waals surface area (Å²) in [7, 11) is 3.46. The Balaban J connectivity index is 1.62. The fraction of sp³-hybridized carbons (Fsp3) is 0.500. The summed E-state index contributed by atoms with van der Waals surface area (Å²) in [6.07, 6.45) is 5.39. The van der Waals surface area contributed by atoms with Crippen molar-refractivity contribution < 1.29 is 14.3 Å². The van der Waals surface area contributed by atoms with Crippen LogP contribution in [-0.2, 0) is 20.7 Å². The molecule has 1 fully saturated rings. The average Bonchev–Trinajstić information content (AvgIpc) is 3.33. The van der Waals surface area contributed by atoms with Gasteiger partial charge in [-0.1, -0.05) is 30.3 Å². The Morgan fingerprint density at radius 1 is 1.27 bits per heavy atom. The first-order valence-electron chi connectivity index (χ1n) is 10.3. The molecule has 2 amide bonds. The maximum absolute atomic E-state index is 11.8. The predicted octanol–water partition coefficient (Wildman–Crippen LogP) is 1.80. The minimum atomic E-state index is -0.109. The van der Waals surface area contributed by atoms with Gasteiger partial charge >= 0.3 is 0 Å². The number of carbonyl (C=O) groups excluding carboxylic acids is 2. The van der Waals surface area contributed by atoms with Gasteiger partial charge in [-0.3, -0.25) is 19.2 Å². The fourth-order valence-corrected chi connectivity index (χ4v) is 3.73. The van der Waals surface area contributed by atoms with E-state index in [4.69, 9.17) is 4.74 Å². The topological polar surface area (TPSA) is 79.7 Å². The predicted molar refractivity (Wildman–Crippen MR) is 115 cm³/mol. The number of carbonyl (C=O) groups is 2. The van der Waals surface area contributed by atoms with Crippen molar-refractivity contribution in [2.75, 3.05) is 45.7 Å². The lowest BCUT2D eigenvalue weighted by Gasteiger charge is -2.24. The van der Waals surface area contributed by atoms with Crippen LogP contribution in [0.4, 0.5) is 5.69 Å². The first-order chi connectivity index (χ1) is 14.4. The van der Waals surface area contributed by atoms with E-state index >= 15 is 0 Å². The molecule has 0 spiro atoms. The largest absolute Gasteiger partial charge is 0.370 e. The van der Waals surface area contributed by atoms with E-state index in [1.54, 1.807) is 20.3 Å². The van der Waals surface area contributed by atoms with E-state index in [1.165, 1.54) is 17.4 Å². The highest BCUT2D eigenvalue weighted by atomic mass is 16.5. The minimum Gasteiger partial charge on any atom is -0.370 e. The summed E-state index contributed by atoms with van der Waals surface area (Å²) < 4.78 is 7.67. The summed E-state index contributed by atoms with van der Waals surface area (Å²) in [5, 5.41) is 7.22. The first kappa shape index (κ1) is 22.0. The average molecular weight is 414 g/mol. The van der Waals surface area contributed by atoms with Gasteiger partial charge in [0.15, 0.2) is 0 Å². The molecular formula is C22H31N5O3. The van der Waals surface area contributed by atoms with Gasteiger partial charge in [0, 0.05) is 46.3 Å². The van der Waals surface area contributed by atoms with E-state index in [1.807, 2.05) is 16.9 Å². The summed E-state index contributed by atoms with van der Waals surface area (Å²) in [5.74, 6) is -0.144. The normalized spacial score (nSPS) is 19.0. The number of ether oxygens (including phenoxy) is 1. The zero-order chi connectivity index (χ0) is 21.5. The molecule has 30 heavy (non-hydrogen) atoms.